The fourth-order valence-electron chi connectivity index (χ4n) is 1.72. The van der Waals surface area contributed by atoms with Crippen molar-refractivity contribution in [3.05, 3.63) is 23.3 Å². The molecule has 3 heteroatoms. The highest BCUT2D eigenvalue weighted by Gasteiger charge is 2.20. The summed E-state index contributed by atoms with van der Waals surface area (Å²) in [6.07, 6.45) is 0. The molecule has 0 amide bonds. The predicted octanol–water partition coefficient (Wildman–Crippen LogP) is 2.26. The maximum absolute atomic E-state index is 9.63. The van der Waals surface area contributed by atoms with Gasteiger partial charge in [-0.25, -0.2) is 0 Å². The van der Waals surface area contributed by atoms with Crippen molar-refractivity contribution < 1.29 is 9.84 Å². The number of phenols is 1. The summed E-state index contributed by atoms with van der Waals surface area (Å²) in [6.45, 7) is 7.65. The smallest absolute Gasteiger partial charge is 0.142 e. The number of hydrogen-bond acceptors (Lipinski definition) is 3. The van der Waals surface area contributed by atoms with Crippen LogP contribution in [0.1, 0.15) is 25.0 Å². The highest BCUT2D eigenvalue weighted by molar-refractivity contribution is 5.45. The lowest BCUT2D eigenvalue weighted by Gasteiger charge is -2.32. The summed E-state index contributed by atoms with van der Waals surface area (Å²) in [4.78, 5) is 2.22. The second-order valence-corrected chi connectivity index (χ2v) is 4.36. The average Bonchev–Trinajstić information content (AvgIpc) is 2.19. The third-order valence-corrected chi connectivity index (χ3v) is 2.87. The lowest BCUT2D eigenvalue weighted by atomic mass is 10.1. The second kappa shape index (κ2) is 3.74. The zero-order valence-electron chi connectivity index (χ0n) is 9.45. The number of phenolic OH excluding ortho intramolecular Hbond substituents is 1. The molecule has 0 radical (unpaired) electrons. The van der Waals surface area contributed by atoms with Gasteiger partial charge in [-0.05, 0) is 38.5 Å². The zero-order chi connectivity index (χ0) is 11.0. The zero-order valence-corrected chi connectivity index (χ0v) is 9.45. The van der Waals surface area contributed by atoms with E-state index >= 15 is 0 Å². The predicted molar refractivity (Wildman–Crippen MR) is 59.0 cm³/mol. The van der Waals surface area contributed by atoms with E-state index < -0.39 is 0 Å². The first-order valence-corrected chi connectivity index (χ1v) is 5.27. The van der Waals surface area contributed by atoms with E-state index in [1.807, 2.05) is 13.0 Å². The van der Waals surface area contributed by atoms with E-state index in [1.54, 1.807) is 6.07 Å². The van der Waals surface area contributed by atoms with E-state index in [2.05, 4.69) is 18.7 Å². The molecular formula is C12H17NO2. The Morgan fingerprint density at radius 2 is 2.13 bits per heavy atom. The van der Waals surface area contributed by atoms with Gasteiger partial charge < -0.3 is 9.84 Å². The molecular weight excluding hydrogens is 190 g/mol. The summed E-state index contributed by atoms with van der Waals surface area (Å²) in [5.41, 5.74) is 1.93. The summed E-state index contributed by atoms with van der Waals surface area (Å²) < 4.78 is 5.65. The minimum absolute atomic E-state index is 0.350. The van der Waals surface area contributed by atoms with Crippen molar-refractivity contribution in [1.29, 1.82) is 0 Å². The monoisotopic (exact) mass is 207 g/mol. The van der Waals surface area contributed by atoms with Crippen LogP contribution in [0.2, 0.25) is 0 Å². The number of benzene rings is 1. The molecule has 82 valence electrons. The van der Waals surface area contributed by atoms with Gasteiger partial charge in [-0.1, -0.05) is 0 Å². The van der Waals surface area contributed by atoms with Gasteiger partial charge in [0.2, 0.25) is 0 Å². The van der Waals surface area contributed by atoms with E-state index in [0.29, 0.717) is 18.5 Å². The van der Waals surface area contributed by atoms with Crippen LogP contribution in [-0.4, -0.2) is 22.8 Å². The van der Waals surface area contributed by atoms with Gasteiger partial charge in [0.05, 0.1) is 0 Å². The lowest BCUT2D eigenvalue weighted by molar-refractivity contribution is 0.0684. The van der Waals surface area contributed by atoms with E-state index in [4.69, 9.17) is 4.74 Å². The number of rotatable bonds is 1. The Kier molecular flexibility index (Phi) is 2.57. The van der Waals surface area contributed by atoms with Crippen molar-refractivity contribution in [1.82, 2.24) is 4.90 Å². The van der Waals surface area contributed by atoms with Gasteiger partial charge >= 0.3 is 0 Å². The molecule has 1 aliphatic rings. The fourth-order valence-corrected chi connectivity index (χ4v) is 1.72. The molecule has 0 saturated carbocycles. The lowest BCUT2D eigenvalue weighted by Crippen LogP contribution is -2.37. The van der Waals surface area contributed by atoms with Crippen LogP contribution >= 0.6 is 0 Å². The topological polar surface area (TPSA) is 32.7 Å². The van der Waals surface area contributed by atoms with Crippen molar-refractivity contribution in [2.45, 2.75) is 33.4 Å². The molecule has 1 aromatic carbocycles. The minimum Gasteiger partial charge on any atom is -0.508 e. The van der Waals surface area contributed by atoms with E-state index in [1.165, 1.54) is 0 Å². The molecule has 0 bridgehead atoms. The molecule has 1 N–H and O–H groups in total. The Morgan fingerprint density at radius 3 is 2.80 bits per heavy atom. The van der Waals surface area contributed by atoms with Gasteiger partial charge in [-0.2, -0.15) is 0 Å². The highest BCUT2D eigenvalue weighted by atomic mass is 16.5. The summed E-state index contributed by atoms with van der Waals surface area (Å²) in [5.74, 6) is 1.25. The third-order valence-electron chi connectivity index (χ3n) is 2.87. The molecule has 0 atom stereocenters. The van der Waals surface area contributed by atoms with Crippen molar-refractivity contribution in [2.24, 2.45) is 0 Å². The van der Waals surface area contributed by atoms with Gasteiger partial charge in [-0.15, -0.1) is 0 Å². The van der Waals surface area contributed by atoms with Crippen molar-refractivity contribution >= 4 is 0 Å². The van der Waals surface area contributed by atoms with E-state index in [9.17, 15) is 5.11 Å². The van der Waals surface area contributed by atoms with Crippen LogP contribution in [0.15, 0.2) is 12.1 Å². The van der Waals surface area contributed by atoms with Gasteiger partial charge in [-0.3, -0.25) is 4.90 Å². The highest BCUT2D eigenvalue weighted by Crippen LogP contribution is 2.31. The number of nitrogens with zero attached hydrogens (tertiary/aromatic N) is 1. The normalized spacial score (nSPS) is 16.3. The quantitative estimate of drug-likeness (QED) is 0.766. The Labute approximate surface area is 90.3 Å². The number of aryl methyl sites for hydroxylation is 1. The fraction of sp³-hybridized carbons (Fsp3) is 0.500. The van der Waals surface area contributed by atoms with Crippen molar-refractivity contribution in [2.75, 3.05) is 6.73 Å². The van der Waals surface area contributed by atoms with Crippen molar-refractivity contribution in [3.63, 3.8) is 0 Å². The van der Waals surface area contributed by atoms with E-state index in [-0.39, 0.29) is 0 Å². The molecule has 1 aromatic rings. The second-order valence-electron chi connectivity index (χ2n) is 4.36. The average molecular weight is 207 g/mol. The minimum atomic E-state index is 0.350. The first kappa shape index (κ1) is 10.3. The van der Waals surface area contributed by atoms with Gasteiger partial charge in [0, 0.05) is 18.2 Å². The SMILES string of the molecule is Cc1cc2c(cc1O)CN(C(C)C)CO2. The number of fused-ring (bicyclic) bond motifs is 1. The molecule has 0 aromatic heterocycles. The number of hydrogen-bond donors (Lipinski definition) is 1. The van der Waals surface area contributed by atoms with Crippen molar-refractivity contribution in [3.8, 4) is 11.5 Å². The van der Waals surface area contributed by atoms with Crippen LogP contribution in [0.5, 0.6) is 11.5 Å². The molecule has 1 aliphatic heterocycles. The van der Waals surface area contributed by atoms with Crippen LogP contribution in [0.3, 0.4) is 0 Å². The molecule has 1 heterocycles. The molecule has 0 spiro atoms. The maximum atomic E-state index is 9.63. The van der Waals surface area contributed by atoms with E-state index in [0.717, 1.165) is 23.4 Å². The van der Waals surface area contributed by atoms with Gasteiger partial charge in [0.1, 0.15) is 18.2 Å². The Morgan fingerprint density at radius 1 is 1.40 bits per heavy atom. The molecule has 0 unspecified atom stereocenters. The molecule has 0 saturated heterocycles. The molecule has 2 rings (SSSR count). The molecule has 0 fully saturated rings. The van der Waals surface area contributed by atoms with Crippen LogP contribution in [0.4, 0.5) is 0 Å². The maximum Gasteiger partial charge on any atom is 0.142 e. The van der Waals surface area contributed by atoms with Crippen LogP contribution in [0, 0.1) is 6.92 Å². The van der Waals surface area contributed by atoms with Crippen LogP contribution in [-0.2, 0) is 6.54 Å². The van der Waals surface area contributed by atoms with Crippen LogP contribution in [0.25, 0.3) is 0 Å². The van der Waals surface area contributed by atoms with Gasteiger partial charge in [0.15, 0.2) is 0 Å². The van der Waals surface area contributed by atoms with Gasteiger partial charge in [0.25, 0.3) is 0 Å². The molecule has 15 heavy (non-hydrogen) atoms. The molecule has 3 nitrogen and oxygen atoms in total. The molecule has 0 aliphatic carbocycles. The van der Waals surface area contributed by atoms with Crippen LogP contribution < -0.4 is 4.74 Å². The summed E-state index contributed by atoms with van der Waals surface area (Å²) in [7, 11) is 0. The summed E-state index contributed by atoms with van der Waals surface area (Å²) in [6, 6.07) is 4.17. The Bertz CT molecular complexity index is 374. The first-order valence-electron chi connectivity index (χ1n) is 5.27. The summed E-state index contributed by atoms with van der Waals surface area (Å²) >= 11 is 0. The first-order chi connectivity index (χ1) is 7.08. The largest absolute Gasteiger partial charge is 0.508 e. The third kappa shape index (κ3) is 1.92. The Balaban J connectivity index is 2.30. The number of aromatic hydroxyl groups is 1. The standard InChI is InChI=1S/C12H17NO2/c1-8(2)13-6-10-5-11(14)9(3)4-12(10)15-7-13/h4-5,8,14H,6-7H2,1-3H3. The summed E-state index contributed by atoms with van der Waals surface area (Å²) in [5, 5.41) is 9.63. The number of ether oxygens (including phenoxy) is 1. The Hall–Kier alpha value is -1.22.